The molecule has 0 aromatic carbocycles. The van der Waals surface area contributed by atoms with Crippen molar-refractivity contribution in [2.24, 2.45) is 0 Å². The molecule has 0 amide bonds. The first-order valence-electron chi connectivity index (χ1n) is 3.48. The van der Waals surface area contributed by atoms with Gasteiger partial charge in [0.05, 0.1) is 11.4 Å². The van der Waals surface area contributed by atoms with Gasteiger partial charge in [-0.05, 0) is 6.07 Å². The van der Waals surface area contributed by atoms with Gasteiger partial charge in [0.15, 0.2) is 0 Å². The minimum Gasteiger partial charge on any atom is -0.302 e. The van der Waals surface area contributed by atoms with E-state index in [-0.39, 0.29) is 11.6 Å². The molecule has 1 aromatic heterocycles. The number of nitrogens with zero attached hydrogens (tertiary/aromatic N) is 1. The van der Waals surface area contributed by atoms with E-state index in [1.54, 1.807) is 6.07 Å². The van der Waals surface area contributed by atoms with Gasteiger partial charge in [0, 0.05) is 11.8 Å². The van der Waals surface area contributed by atoms with E-state index in [1.807, 2.05) is 0 Å². The average molecular weight is 214 g/mol. The van der Waals surface area contributed by atoms with Crippen LogP contribution in [0.1, 0.15) is 12.0 Å². The fraction of sp³-hybridized carbons (Fsp3) is 0.111. The molecule has 0 saturated heterocycles. The van der Waals surface area contributed by atoms with E-state index >= 15 is 0 Å². The van der Waals surface area contributed by atoms with Gasteiger partial charge in [-0.15, -0.1) is 0 Å². The second-order valence-electron chi connectivity index (χ2n) is 2.14. The van der Waals surface area contributed by atoms with E-state index in [9.17, 15) is 4.79 Å². The lowest BCUT2D eigenvalue weighted by Gasteiger charge is -1.95. The number of rotatable bonds is 1. The summed E-state index contributed by atoms with van der Waals surface area (Å²) in [6, 6.07) is 1.64. The zero-order chi connectivity index (χ0) is 9.68. The van der Waals surface area contributed by atoms with Gasteiger partial charge in [0.25, 0.3) is 0 Å². The third-order valence-corrected chi connectivity index (χ3v) is 2.02. The van der Waals surface area contributed by atoms with Crippen molar-refractivity contribution in [2.45, 2.75) is 6.42 Å². The second kappa shape index (κ2) is 4.86. The number of carbonyl (C=O) groups excluding carboxylic acids is 1. The molecular formula is C9H5Cl2NO. The van der Waals surface area contributed by atoms with Gasteiger partial charge in [-0.25, -0.2) is 4.98 Å². The molecule has 1 aromatic rings. The Hall–Kier alpha value is -1.04. The highest BCUT2D eigenvalue weighted by Gasteiger charge is 2.01. The van der Waals surface area contributed by atoms with Gasteiger partial charge in [-0.3, -0.25) is 0 Å². The molecule has 0 aliphatic rings. The summed E-state index contributed by atoms with van der Waals surface area (Å²) in [4.78, 5) is 13.7. The molecule has 2 nitrogen and oxygen atoms in total. The molecule has 0 aliphatic heterocycles. The lowest BCUT2D eigenvalue weighted by molar-refractivity contribution is -0.107. The standard InChI is InChI=1S/C9H5Cl2NO/c10-8-7(3-1-2-6-13)4-5-12-9(8)11/h4-6H,2H2. The summed E-state index contributed by atoms with van der Waals surface area (Å²) in [5.74, 6) is 5.35. The highest BCUT2D eigenvalue weighted by molar-refractivity contribution is 6.41. The molecule has 0 aliphatic carbocycles. The van der Waals surface area contributed by atoms with Crippen LogP contribution in [-0.2, 0) is 4.79 Å². The molecule has 1 heterocycles. The Morgan fingerprint density at radius 2 is 2.31 bits per heavy atom. The van der Waals surface area contributed by atoms with Crippen molar-refractivity contribution in [1.29, 1.82) is 0 Å². The predicted molar refractivity (Wildman–Crippen MR) is 51.8 cm³/mol. The number of pyridine rings is 1. The predicted octanol–water partition coefficient (Wildman–Crippen LogP) is 2.33. The van der Waals surface area contributed by atoms with Crippen molar-refractivity contribution >= 4 is 29.5 Å². The third kappa shape index (κ3) is 2.73. The molecule has 1 rings (SSSR count). The maximum absolute atomic E-state index is 9.97. The van der Waals surface area contributed by atoms with Crippen LogP contribution >= 0.6 is 23.2 Å². The number of aldehydes is 1. The largest absolute Gasteiger partial charge is 0.302 e. The van der Waals surface area contributed by atoms with E-state index in [0.717, 1.165) is 6.29 Å². The van der Waals surface area contributed by atoms with Crippen LogP contribution in [0.2, 0.25) is 10.2 Å². The van der Waals surface area contributed by atoms with E-state index < -0.39 is 0 Å². The summed E-state index contributed by atoms with van der Waals surface area (Å²) in [5.41, 5.74) is 0.587. The van der Waals surface area contributed by atoms with Crippen LogP contribution in [0.15, 0.2) is 12.3 Å². The summed E-state index contributed by atoms with van der Waals surface area (Å²) in [6.45, 7) is 0. The maximum atomic E-state index is 9.97. The van der Waals surface area contributed by atoms with Gasteiger partial charge in [0.1, 0.15) is 11.4 Å². The van der Waals surface area contributed by atoms with Crippen molar-refractivity contribution in [3.8, 4) is 11.8 Å². The van der Waals surface area contributed by atoms with Crippen molar-refractivity contribution in [3.63, 3.8) is 0 Å². The molecule has 0 saturated carbocycles. The van der Waals surface area contributed by atoms with Gasteiger partial charge in [-0.1, -0.05) is 35.0 Å². The van der Waals surface area contributed by atoms with Crippen LogP contribution in [0.5, 0.6) is 0 Å². The minimum atomic E-state index is 0.191. The molecule has 0 atom stereocenters. The molecule has 0 radical (unpaired) electrons. The Kier molecular flexibility index (Phi) is 3.75. The monoisotopic (exact) mass is 213 g/mol. The van der Waals surface area contributed by atoms with E-state index in [4.69, 9.17) is 23.2 Å². The number of aromatic nitrogens is 1. The number of carbonyl (C=O) groups is 1. The highest BCUT2D eigenvalue weighted by Crippen LogP contribution is 2.21. The van der Waals surface area contributed by atoms with Gasteiger partial charge >= 0.3 is 0 Å². The third-order valence-electron chi connectivity index (χ3n) is 1.26. The molecule has 0 unspecified atom stereocenters. The topological polar surface area (TPSA) is 30.0 Å². The maximum Gasteiger partial charge on any atom is 0.148 e. The summed E-state index contributed by atoms with van der Waals surface area (Å²) >= 11 is 11.4. The summed E-state index contributed by atoms with van der Waals surface area (Å²) in [5, 5.41) is 0.544. The normalized spacial score (nSPS) is 8.77. The Morgan fingerprint density at radius 1 is 1.54 bits per heavy atom. The molecule has 0 bridgehead atoms. The zero-order valence-corrected chi connectivity index (χ0v) is 8.06. The smallest absolute Gasteiger partial charge is 0.148 e. The molecule has 66 valence electrons. The fourth-order valence-corrected chi connectivity index (χ4v) is 1.02. The first-order valence-corrected chi connectivity index (χ1v) is 4.24. The minimum absolute atomic E-state index is 0.191. The van der Waals surface area contributed by atoms with Crippen molar-refractivity contribution in [2.75, 3.05) is 0 Å². The quantitative estimate of drug-likeness (QED) is 0.408. The van der Waals surface area contributed by atoms with Crippen molar-refractivity contribution in [1.82, 2.24) is 4.98 Å². The van der Waals surface area contributed by atoms with Crippen molar-refractivity contribution in [3.05, 3.63) is 28.0 Å². The number of hydrogen-bond acceptors (Lipinski definition) is 2. The van der Waals surface area contributed by atoms with E-state index in [2.05, 4.69) is 16.8 Å². The Balaban J connectivity index is 2.97. The van der Waals surface area contributed by atoms with Crippen LogP contribution in [0.25, 0.3) is 0 Å². The molecule has 0 fully saturated rings. The molecule has 0 spiro atoms. The number of hydrogen-bond donors (Lipinski definition) is 0. The Morgan fingerprint density at radius 3 is 3.00 bits per heavy atom. The van der Waals surface area contributed by atoms with Crippen LogP contribution in [0.4, 0.5) is 0 Å². The fourth-order valence-electron chi connectivity index (χ4n) is 0.703. The van der Waals surface area contributed by atoms with Crippen LogP contribution in [-0.4, -0.2) is 11.3 Å². The lowest BCUT2D eigenvalue weighted by atomic mass is 10.2. The summed E-state index contributed by atoms with van der Waals surface area (Å²) < 4.78 is 0. The molecular weight excluding hydrogens is 209 g/mol. The van der Waals surface area contributed by atoms with Gasteiger partial charge in [0.2, 0.25) is 0 Å². The first kappa shape index (κ1) is 10.0. The Bertz CT molecular complexity index is 379. The highest BCUT2D eigenvalue weighted by atomic mass is 35.5. The van der Waals surface area contributed by atoms with Gasteiger partial charge in [-0.2, -0.15) is 0 Å². The number of halogens is 2. The lowest BCUT2D eigenvalue weighted by Crippen LogP contribution is -1.81. The second-order valence-corrected chi connectivity index (χ2v) is 2.87. The van der Waals surface area contributed by atoms with Crippen LogP contribution in [0.3, 0.4) is 0 Å². The first-order chi connectivity index (χ1) is 6.25. The summed E-state index contributed by atoms with van der Waals surface area (Å²) in [6.07, 6.45) is 2.43. The SMILES string of the molecule is O=CCC#Cc1ccnc(Cl)c1Cl. The summed E-state index contributed by atoms with van der Waals surface area (Å²) in [7, 11) is 0. The van der Waals surface area contributed by atoms with E-state index in [0.29, 0.717) is 10.6 Å². The van der Waals surface area contributed by atoms with E-state index in [1.165, 1.54) is 6.20 Å². The molecule has 4 heteroatoms. The molecule has 0 N–H and O–H groups in total. The van der Waals surface area contributed by atoms with Gasteiger partial charge < -0.3 is 4.79 Å². The Labute approximate surface area is 85.9 Å². The van der Waals surface area contributed by atoms with Crippen LogP contribution in [0, 0.1) is 11.8 Å². The zero-order valence-electron chi connectivity index (χ0n) is 6.55. The van der Waals surface area contributed by atoms with Crippen molar-refractivity contribution < 1.29 is 4.79 Å². The average Bonchev–Trinajstić information content (AvgIpc) is 2.13. The molecule has 13 heavy (non-hydrogen) atoms. The van der Waals surface area contributed by atoms with Crippen LogP contribution < -0.4 is 0 Å².